The smallest absolute Gasteiger partial charge is 0.306 e. The van der Waals surface area contributed by atoms with Crippen molar-refractivity contribution in [2.24, 2.45) is 0 Å². The first-order chi connectivity index (χ1) is 16.0. The molecule has 33 heavy (non-hydrogen) atoms. The molecule has 1 aliphatic heterocycles. The molecule has 0 saturated heterocycles. The first-order valence-corrected chi connectivity index (χ1v) is 11.1. The van der Waals surface area contributed by atoms with Gasteiger partial charge in [-0.2, -0.15) is 0 Å². The van der Waals surface area contributed by atoms with Gasteiger partial charge >= 0.3 is 5.97 Å². The van der Waals surface area contributed by atoms with Crippen LogP contribution in [0.5, 0.6) is 23.0 Å². The lowest BCUT2D eigenvalue weighted by Crippen LogP contribution is -2.09. The number of para-hydroxylation sites is 1. The number of methoxy groups -OCH3 is 1. The Morgan fingerprint density at radius 1 is 1.12 bits per heavy atom. The molecule has 1 unspecified atom stereocenters. The SMILES string of the molecule is COC(=O)CC1COc2cc(O[C@@H]3CCc4c(Oc5ccccc5C)ccc(F)c43)ccc21. The predicted octanol–water partition coefficient (Wildman–Crippen LogP) is 6.03. The molecule has 5 nitrogen and oxygen atoms in total. The standard InChI is InChI=1S/C27H25FO5/c1-16-5-3-4-6-22(16)33-23-12-10-21(28)27-20(23)9-11-24(27)32-18-7-8-19-17(13-26(29)30-2)15-31-25(19)14-18/h3-8,10,12,14,17,24H,9,11,13,15H2,1-2H3/t17?,24-/m1/s1. The summed E-state index contributed by atoms with van der Waals surface area (Å²) >= 11 is 0. The van der Waals surface area contributed by atoms with Gasteiger partial charge in [-0.05, 0) is 49.6 Å². The van der Waals surface area contributed by atoms with Gasteiger partial charge in [0, 0.05) is 28.7 Å². The molecule has 2 aliphatic rings. The van der Waals surface area contributed by atoms with Crippen LogP contribution in [0.1, 0.15) is 47.1 Å². The van der Waals surface area contributed by atoms with Crippen molar-refractivity contribution in [2.45, 2.75) is 38.2 Å². The number of halogens is 1. The molecule has 1 aliphatic carbocycles. The van der Waals surface area contributed by atoms with E-state index in [2.05, 4.69) is 0 Å². The summed E-state index contributed by atoms with van der Waals surface area (Å²) in [5.74, 6) is 2.13. The predicted molar refractivity (Wildman–Crippen MR) is 121 cm³/mol. The summed E-state index contributed by atoms with van der Waals surface area (Å²) in [6, 6.07) is 16.5. The topological polar surface area (TPSA) is 54.0 Å². The Bertz CT molecular complexity index is 1210. The molecule has 170 valence electrons. The van der Waals surface area contributed by atoms with Crippen molar-refractivity contribution >= 4 is 5.97 Å². The Morgan fingerprint density at radius 2 is 1.97 bits per heavy atom. The quantitative estimate of drug-likeness (QED) is 0.431. The molecule has 0 saturated carbocycles. The summed E-state index contributed by atoms with van der Waals surface area (Å²) in [7, 11) is 1.38. The second-order valence-corrected chi connectivity index (χ2v) is 8.44. The molecule has 0 radical (unpaired) electrons. The number of benzene rings is 3. The van der Waals surface area contributed by atoms with Crippen LogP contribution in [0, 0.1) is 12.7 Å². The Labute approximate surface area is 192 Å². The molecule has 0 bridgehead atoms. The van der Waals surface area contributed by atoms with E-state index < -0.39 is 6.10 Å². The summed E-state index contributed by atoms with van der Waals surface area (Å²) in [5, 5.41) is 0. The highest BCUT2D eigenvalue weighted by molar-refractivity contribution is 5.71. The van der Waals surface area contributed by atoms with E-state index in [0.717, 1.165) is 22.4 Å². The Hall–Kier alpha value is -3.54. The van der Waals surface area contributed by atoms with E-state index in [1.807, 2.05) is 49.4 Å². The average molecular weight is 448 g/mol. The Kier molecular flexibility index (Phi) is 5.67. The third-order valence-electron chi connectivity index (χ3n) is 6.34. The third kappa shape index (κ3) is 4.13. The third-order valence-corrected chi connectivity index (χ3v) is 6.34. The van der Waals surface area contributed by atoms with Crippen molar-refractivity contribution in [1.82, 2.24) is 0 Å². The molecule has 1 heterocycles. The highest BCUT2D eigenvalue weighted by Crippen LogP contribution is 2.44. The van der Waals surface area contributed by atoms with Gasteiger partial charge in [0.1, 0.15) is 34.9 Å². The largest absolute Gasteiger partial charge is 0.492 e. The summed E-state index contributed by atoms with van der Waals surface area (Å²) in [4.78, 5) is 11.6. The number of carbonyl (C=O) groups excluding carboxylic acids is 1. The summed E-state index contributed by atoms with van der Waals surface area (Å²) in [6.07, 6.45) is 1.19. The second-order valence-electron chi connectivity index (χ2n) is 8.44. The minimum atomic E-state index is -0.411. The van der Waals surface area contributed by atoms with Crippen molar-refractivity contribution in [3.05, 3.63) is 82.7 Å². The van der Waals surface area contributed by atoms with Crippen LogP contribution in [0.25, 0.3) is 0 Å². The van der Waals surface area contributed by atoms with Gasteiger partial charge in [0.05, 0.1) is 20.1 Å². The molecule has 0 amide bonds. The van der Waals surface area contributed by atoms with Gasteiger partial charge in [-0.1, -0.05) is 24.3 Å². The molecule has 0 N–H and O–H groups in total. The fourth-order valence-electron chi connectivity index (χ4n) is 4.59. The highest BCUT2D eigenvalue weighted by Gasteiger charge is 2.32. The van der Waals surface area contributed by atoms with E-state index in [0.29, 0.717) is 42.3 Å². The maximum absolute atomic E-state index is 14.9. The van der Waals surface area contributed by atoms with Gasteiger partial charge in [0.15, 0.2) is 0 Å². The van der Waals surface area contributed by atoms with Gasteiger partial charge in [-0.3, -0.25) is 4.79 Å². The van der Waals surface area contributed by atoms with E-state index >= 15 is 0 Å². The van der Waals surface area contributed by atoms with Crippen LogP contribution in [0.15, 0.2) is 54.6 Å². The number of rotatable bonds is 6. The van der Waals surface area contributed by atoms with Crippen LogP contribution < -0.4 is 14.2 Å². The zero-order valence-electron chi connectivity index (χ0n) is 18.6. The molecule has 6 heteroatoms. The van der Waals surface area contributed by atoms with E-state index in [-0.39, 0.29) is 24.1 Å². The minimum Gasteiger partial charge on any atom is -0.492 e. The minimum absolute atomic E-state index is 0.0349. The fourth-order valence-corrected chi connectivity index (χ4v) is 4.59. The second kappa shape index (κ2) is 8.77. The van der Waals surface area contributed by atoms with Crippen molar-refractivity contribution in [1.29, 1.82) is 0 Å². The molecule has 3 aromatic carbocycles. The number of hydrogen-bond acceptors (Lipinski definition) is 5. The monoisotopic (exact) mass is 448 g/mol. The lowest BCUT2D eigenvalue weighted by Gasteiger charge is -2.17. The lowest BCUT2D eigenvalue weighted by atomic mass is 9.98. The van der Waals surface area contributed by atoms with E-state index in [4.69, 9.17) is 18.9 Å². The van der Waals surface area contributed by atoms with Crippen molar-refractivity contribution in [3.8, 4) is 23.0 Å². The number of esters is 1. The van der Waals surface area contributed by atoms with Crippen LogP contribution in [-0.4, -0.2) is 19.7 Å². The number of aryl methyl sites for hydroxylation is 1. The maximum Gasteiger partial charge on any atom is 0.306 e. The van der Waals surface area contributed by atoms with Gasteiger partial charge in [0.2, 0.25) is 0 Å². The molecule has 0 aromatic heterocycles. The van der Waals surface area contributed by atoms with Gasteiger partial charge in [-0.25, -0.2) is 4.39 Å². The Morgan fingerprint density at radius 3 is 2.79 bits per heavy atom. The molecule has 5 rings (SSSR count). The summed E-state index contributed by atoms with van der Waals surface area (Å²) < 4.78 is 37.8. The molecular weight excluding hydrogens is 423 g/mol. The summed E-state index contributed by atoms with van der Waals surface area (Å²) in [6.45, 7) is 2.41. The average Bonchev–Trinajstić information content (AvgIpc) is 3.42. The van der Waals surface area contributed by atoms with Gasteiger partial charge in [0.25, 0.3) is 0 Å². The van der Waals surface area contributed by atoms with E-state index in [1.165, 1.54) is 13.2 Å². The van der Waals surface area contributed by atoms with Crippen LogP contribution in [0.2, 0.25) is 0 Å². The molecular formula is C27H25FO5. The molecule has 3 aromatic rings. The number of hydrogen-bond donors (Lipinski definition) is 0. The lowest BCUT2D eigenvalue weighted by molar-refractivity contribution is -0.141. The normalized spacial score (nSPS) is 18.3. The number of carbonyl (C=O) groups is 1. The zero-order valence-corrected chi connectivity index (χ0v) is 18.6. The van der Waals surface area contributed by atoms with Crippen LogP contribution in [0.3, 0.4) is 0 Å². The first kappa shape index (κ1) is 21.3. The van der Waals surface area contributed by atoms with Crippen LogP contribution >= 0.6 is 0 Å². The molecule has 0 fully saturated rings. The van der Waals surface area contributed by atoms with Gasteiger partial charge in [-0.15, -0.1) is 0 Å². The first-order valence-electron chi connectivity index (χ1n) is 11.1. The Balaban J connectivity index is 1.36. The van der Waals surface area contributed by atoms with E-state index in [9.17, 15) is 9.18 Å². The van der Waals surface area contributed by atoms with Crippen molar-refractivity contribution in [3.63, 3.8) is 0 Å². The molecule has 0 spiro atoms. The zero-order chi connectivity index (χ0) is 22.9. The maximum atomic E-state index is 14.9. The number of ether oxygens (including phenoxy) is 4. The van der Waals surface area contributed by atoms with Crippen LogP contribution in [-0.2, 0) is 16.0 Å². The highest BCUT2D eigenvalue weighted by atomic mass is 19.1. The van der Waals surface area contributed by atoms with E-state index in [1.54, 1.807) is 6.07 Å². The molecule has 2 atom stereocenters. The fraction of sp³-hybridized carbons (Fsp3) is 0.296. The van der Waals surface area contributed by atoms with Crippen molar-refractivity contribution < 1.29 is 28.1 Å². The van der Waals surface area contributed by atoms with Crippen molar-refractivity contribution in [2.75, 3.05) is 13.7 Å². The summed E-state index contributed by atoms with van der Waals surface area (Å²) in [5.41, 5.74) is 3.37. The van der Waals surface area contributed by atoms with Gasteiger partial charge < -0.3 is 18.9 Å². The number of fused-ring (bicyclic) bond motifs is 2. The van der Waals surface area contributed by atoms with Crippen LogP contribution in [0.4, 0.5) is 4.39 Å².